The van der Waals surface area contributed by atoms with Gasteiger partial charge in [-0.15, -0.1) is 0 Å². The summed E-state index contributed by atoms with van der Waals surface area (Å²) in [6.07, 6.45) is 1.78. The second kappa shape index (κ2) is 8.97. The lowest BCUT2D eigenvalue weighted by Gasteiger charge is -2.23. The van der Waals surface area contributed by atoms with Crippen molar-refractivity contribution in [2.24, 2.45) is 0 Å². The summed E-state index contributed by atoms with van der Waals surface area (Å²) in [6.45, 7) is 3.81. The Morgan fingerprint density at radius 2 is 1.82 bits per heavy atom. The summed E-state index contributed by atoms with van der Waals surface area (Å²) < 4.78 is 19.6. The zero-order valence-corrected chi connectivity index (χ0v) is 16.6. The molecular formula is C22H26FN3O2. The lowest BCUT2D eigenvalue weighted by atomic mass is 10.1. The van der Waals surface area contributed by atoms with E-state index in [-0.39, 0.29) is 0 Å². The number of carbonyl (C=O) groups is 1. The molecule has 1 aromatic heterocycles. The van der Waals surface area contributed by atoms with E-state index in [4.69, 9.17) is 4.74 Å². The van der Waals surface area contributed by atoms with E-state index in [0.717, 1.165) is 60.5 Å². The van der Waals surface area contributed by atoms with Gasteiger partial charge in [0.25, 0.3) is 0 Å². The number of ether oxygens (including phenoxy) is 1. The summed E-state index contributed by atoms with van der Waals surface area (Å²) in [4.78, 5) is 17.5. The van der Waals surface area contributed by atoms with E-state index in [0.29, 0.717) is 5.56 Å². The maximum Gasteiger partial charge on any atom is 0.150 e. The Morgan fingerprint density at radius 3 is 2.39 bits per heavy atom. The van der Waals surface area contributed by atoms with Gasteiger partial charge < -0.3 is 9.64 Å². The first-order valence-electron chi connectivity index (χ1n) is 9.43. The van der Waals surface area contributed by atoms with Crippen LogP contribution in [0.1, 0.15) is 29.0 Å². The summed E-state index contributed by atoms with van der Waals surface area (Å²) in [6, 6.07) is 13.3. The molecule has 0 unspecified atom stereocenters. The number of likely N-dealkylation sites (tertiary alicyclic amines) is 1. The monoisotopic (exact) mass is 383 g/mol. The number of carbonyl (C=O) groups excluding carboxylic acids is 1. The average molecular weight is 383 g/mol. The van der Waals surface area contributed by atoms with Crippen LogP contribution in [0.25, 0.3) is 16.7 Å². The predicted octanol–water partition coefficient (Wildman–Crippen LogP) is 4.21. The summed E-state index contributed by atoms with van der Waals surface area (Å²) in [7, 11) is 3.68. The van der Waals surface area contributed by atoms with Gasteiger partial charge >= 0.3 is 0 Å². The average Bonchev–Trinajstić information content (AvgIpc) is 3.05. The molecule has 3 aromatic rings. The van der Waals surface area contributed by atoms with Gasteiger partial charge in [0.05, 0.1) is 18.1 Å². The van der Waals surface area contributed by atoms with Gasteiger partial charge in [-0.1, -0.05) is 0 Å². The topological polar surface area (TPSA) is 47.4 Å². The van der Waals surface area contributed by atoms with Crippen LogP contribution in [0.5, 0.6) is 5.75 Å². The van der Waals surface area contributed by atoms with Crippen molar-refractivity contribution in [3.63, 3.8) is 0 Å². The fraction of sp³-hybridized carbons (Fsp3) is 0.364. The van der Waals surface area contributed by atoms with Crippen LogP contribution < -0.4 is 4.74 Å². The molecule has 1 saturated heterocycles. The molecule has 1 fully saturated rings. The second-order valence-electron chi connectivity index (χ2n) is 7.04. The Morgan fingerprint density at radius 1 is 1.14 bits per heavy atom. The van der Waals surface area contributed by atoms with Crippen LogP contribution >= 0.6 is 0 Å². The predicted molar refractivity (Wildman–Crippen MR) is 109 cm³/mol. The van der Waals surface area contributed by atoms with Crippen molar-refractivity contribution in [1.82, 2.24) is 14.5 Å². The van der Waals surface area contributed by atoms with Gasteiger partial charge in [-0.05, 0) is 69.3 Å². The number of halogens is 1. The standard InChI is InChI=1S/C16H14N2O2.C6H12FN/c1-11-17-15-9-12(10-19)3-8-16(15)18(11)13-4-6-14(20-2)7-5-13;1-8-4-2-6(7)3-5-8/h3-10H,1-2H3;6H,2-5H2,1H3. The van der Waals surface area contributed by atoms with Crippen LogP contribution in [-0.4, -0.2) is 54.2 Å². The number of hydrogen-bond acceptors (Lipinski definition) is 4. The highest BCUT2D eigenvalue weighted by atomic mass is 19.1. The molecule has 2 aromatic carbocycles. The summed E-state index contributed by atoms with van der Waals surface area (Å²) in [5.74, 6) is 1.70. The minimum absolute atomic E-state index is 0.522. The Kier molecular flexibility index (Phi) is 6.41. The molecule has 0 amide bonds. The number of imidazole rings is 1. The van der Waals surface area contributed by atoms with Gasteiger partial charge in [-0.2, -0.15) is 0 Å². The number of nitrogens with zero attached hydrogens (tertiary/aromatic N) is 3. The van der Waals surface area contributed by atoms with E-state index in [2.05, 4.69) is 14.5 Å². The van der Waals surface area contributed by atoms with Gasteiger partial charge in [0.15, 0.2) is 0 Å². The van der Waals surface area contributed by atoms with Crippen LogP contribution in [0.15, 0.2) is 42.5 Å². The van der Waals surface area contributed by atoms with Crippen LogP contribution in [0, 0.1) is 6.92 Å². The van der Waals surface area contributed by atoms with Crippen LogP contribution in [-0.2, 0) is 0 Å². The SMILES string of the molecule is CN1CCC(F)CC1.COc1ccc(-n2c(C)nc3cc(C=O)ccc32)cc1. The maximum absolute atomic E-state index is 12.3. The van der Waals surface area contributed by atoms with E-state index in [9.17, 15) is 9.18 Å². The number of piperidine rings is 1. The third-order valence-electron chi connectivity index (χ3n) is 4.96. The fourth-order valence-electron chi connectivity index (χ4n) is 3.33. The lowest BCUT2D eigenvalue weighted by molar-refractivity contribution is 0.112. The molecule has 0 atom stereocenters. The third kappa shape index (κ3) is 4.57. The quantitative estimate of drug-likeness (QED) is 0.636. The smallest absolute Gasteiger partial charge is 0.150 e. The first-order valence-corrected chi connectivity index (χ1v) is 9.43. The number of aldehydes is 1. The largest absolute Gasteiger partial charge is 0.497 e. The molecule has 5 nitrogen and oxygen atoms in total. The van der Waals surface area contributed by atoms with Gasteiger partial charge in [-0.3, -0.25) is 9.36 Å². The molecule has 148 valence electrons. The van der Waals surface area contributed by atoms with Crippen LogP contribution in [0.2, 0.25) is 0 Å². The molecule has 1 aliphatic rings. The zero-order valence-electron chi connectivity index (χ0n) is 16.6. The highest BCUT2D eigenvalue weighted by Gasteiger charge is 2.14. The number of rotatable bonds is 3. The zero-order chi connectivity index (χ0) is 20.1. The molecule has 28 heavy (non-hydrogen) atoms. The van der Waals surface area contributed by atoms with E-state index >= 15 is 0 Å². The van der Waals surface area contributed by atoms with Gasteiger partial charge in [0, 0.05) is 24.3 Å². The first kappa shape index (κ1) is 20.0. The number of aromatic nitrogens is 2. The Hall–Kier alpha value is -2.73. The molecule has 2 heterocycles. The number of benzene rings is 2. The van der Waals surface area contributed by atoms with Gasteiger partial charge in [-0.25, -0.2) is 9.37 Å². The van der Waals surface area contributed by atoms with Gasteiger partial charge in [0.2, 0.25) is 0 Å². The normalized spacial score (nSPS) is 15.1. The van der Waals surface area contributed by atoms with E-state index in [1.54, 1.807) is 19.2 Å². The molecular weight excluding hydrogens is 357 g/mol. The number of hydrogen-bond donors (Lipinski definition) is 0. The minimum Gasteiger partial charge on any atom is -0.497 e. The first-order chi connectivity index (χ1) is 13.5. The Balaban J connectivity index is 0.000000236. The lowest BCUT2D eigenvalue weighted by Crippen LogP contribution is -2.30. The highest BCUT2D eigenvalue weighted by Crippen LogP contribution is 2.23. The number of aryl methyl sites for hydroxylation is 1. The van der Waals surface area contributed by atoms with Crippen molar-refractivity contribution < 1.29 is 13.9 Å². The molecule has 4 rings (SSSR count). The van der Waals surface area contributed by atoms with Crippen molar-refractivity contribution >= 4 is 17.3 Å². The van der Waals surface area contributed by atoms with E-state index in [1.807, 2.05) is 44.3 Å². The van der Waals surface area contributed by atoms with Crippen LogP contribution in [0.3, 0.4) is 0 Å². The summed E-state index contributed by atoms with van der Waals surface area (Å²) in [5, 5.41) is 0. The molecule has 0 spiro atoms. The second-order valence-corrected chi connectivity index (χ2v) is 7.04. The molecule has 0 radical (unpaired) electrons. The number of fused-ring (bicyclic) bond motifs is 1. The van der Waals surface area contributed by atoms with Gasteiger partial charge in [0.1, 0.15) is 24.0 Å². The molecule has 0 aliphatic carbocycles. The minimum atomic E-state index is -0.522. The third-order valence-corrected chi connectivity index (χ3v) is 4.96. The van der Waals surface area contributed by atoms with Crippen molar-refractivity contribution in [2.75, 3.05) is 27.2 Å². The summed E-state index contributed by atoms with van der Waals surface area (Å²) >= 11 is 0. The van der Waals surface area contributed by atoms with Crippen molar-refractivity contribution in [3.8, 4) is 11.4 Å². The molecule has 0 bridgehead atoms. The number of alkyl halides is 1. The van der Waals surface area contributed by atoms with Crippen molar-refractivity contribution in [2.45, 2.75) is 25.9 Å². The van der Waals surface area contributed by atoms with E-state index < -0.39 is 6.17 Å². The van der Waals surface area contributed by atoms with Crippen LogP contribution in [0.4, 0.5) is 4.39 Å². The highest BCUT2D eigenvalue weighted by molar-refractivity contribution is 5.86. The molecule has 0 saturated carbocycles. The molecule has 6 heteroatoms. The maximum atomic E-state index is 12.3. The molecule has 1 aliphatic heterocycles. The Bertz CT molecular complexity index is 919. The fourth-order valence-corrected chi connectivity index (χ4v) is 3.33. The Labute approximate surface area is 164 Å². The van der Waals surface area contributed by atoms with Crippen molar-refractivity contribution in [3.05, 3.63) is 53.9 Å². The van der Waals surface area contributed by atoms with Crippen molar-refractivity contribution in [1.29, 1.82) is 0 Å². The number of methoxy groups -OCH3 is 1. The van der Waals surface area contributed by atoms with E-state index in [1.165, 1.54) is 0 Å². The molecule has 0 N–H and O–H groups in total. The summed E-state index contributed by atoms with van der Waals surface area (Å²) in [5.41, 5.74) is 3.46.